The fourth-order valence-electron chi connectivity index (χ4n) is 3.18. The van der Waals surface area contributed by atoms with Crippen LogP contribution in [-0.4, -0.2) is 50.0 Å². The Morgan fingerprint density at radius 1 is 1.25 bits per heavy atom. The normalized spacial score (nSPS) is 13.0. The van der Waals surface area contributed by atoms with Crippen LogP contribution in [-0.2, 0) is 14.6 Å². The standard InChI is InChI=1S/C19H22ClN3O4S/c1-5-12(11-26-2)23-16-8-9-21-17(18(16)22-19(23)27-3)14-7-6-13(10-15(14)20)28(4,24)25/h6-10,12H,5,11H2,1-4H3. The molecular weight excluding hydrogens is 402 g/mol. The molecule has 1 atom stereocenters. The second kappa shape index (κ2) is 8.06. The van der Waals surface area contributed by atoms with E-state index >= 15 is 0 Å². The molecule has 2 aromatic heterocycles. The number of pyridine rings is 1. The first-order chi connectivity index (χ1) is 13.3. The van der Waals surface area contributed by atoms with Crippen LogP contribution >= 0.6 is 11.6 Å². The molecule has 0 radical (unpaired) electrons. The van der Waals surface area contributed by atoms with Gasteiger partial charge in [-0.1, -0.05) is 18.5 Å². The highest BCUT2D eigenvalue weighted by atomic mass is 35.5. The van der Waals surface area contributed by atoms with Crippen molar-refractivity contribution in [2.45, 2.75) is 24.3 Å². The quantitative estimate of drug-likeness (QED) is 0.575. The van der Waals surface area contributed by atoms with E-state index in [1.165, 1.54) is 12.1 Å². The van der Waals surface area contributed by atoms with E-state index in [1.54, 1.807) is 26.5 Å². The summed E-state index contributed by atoms with van der Waals surface area (Å²) < 4.78 is 36.4. The van der Waals surface area contributed by atoms with Crippen LogP contribution in [0.15, 0.2) is 35.4 Å². The molecule has 0 fully saturated rings. The maximum atomic E-state index is 11.8. The minimum absolute atomic E-state index is 0.0447. The van der Waals surface area contributed by atoms with Crippen molar-refractivity contribution in [1.29, 1.82) is 0 Å². The number of benzene rings is 1. The monoisotopic (exact) mass is 423 g/mol. The van der Waals surface area contributed by atoms with E-state index in [2.05, 4.69) is 16.9 Å². The average molecular weight is 424 g/mol. The van der Waals surface area contributed by atoms with E-state index in [0.29, 0.717) is 34.4 Å². The lowest BCUT2D eigenvalue weighted by Crippen LogP contribution is -2.14. The highest BCUT2D eigenvalue weighted by Crippen LogP contribution is 2.36. The molecule has 0 N–H and O–H groups in total. The minimum Gasteiger partial charge on any atom is -0.468 e. The third kappa shape index (κ3) is 3.72. The van der Waals surface area contributed by atoms with Crippen molar-refractivity contribution in [3.63, 3.8) is 0 Å². The third-order valence-electron chi connectivity index (χ3n) is 4.58. The fraction of sp³-hybridized carbons (Fsp3) is 0.368. The molecule has 9 heteroatoms. The molecule has 0 spiro atoms. The summed E-state index contributed by atoms with van der Waals surface area (Å²) >= 11 is 6.40. The molecule has 28 heavy (non-hydrogen) atoms. The molecule has 0 bridgehead atoms. The Labute approximate surface area is 169 Å². The average Bonchev–Trinajstić information content (AvgIpc) is 3.04. The summed E-state index contributed by atoms with van der Waals surface area (Å²) in [5, 5.41) is 0.292. The lowest BCUT2D eigenvalue weighted by atomic mass is 10.1. The number of fused-ring (bicyclic) bond motifs is 1. The summed E-state index contributed by atoms with van der Waals surface area (Å²) in [6, 6.07) is 6.97. The van der Waals surface area contributed by atoms with Gasteiger partial charge in [-0.25, -0.2) is 8.42 Å². The molecule has 0 aliphatic heterocycles. The van der Waals surface area contributed by atoms with E-state index in [-0.39, 0.29) is 10.9 Å². The Hall–Kier alpha value is -2.16. The van der Waals surface area contributed by atoms with Gasteiger partial charge in [-0.2, -0.15) is 4.98 Å². The Morgan fingerprint density at radius 3 is 2.57 bits per heavy atom. The molecular formula is C19H22ClN3O4S. The molecule has 1 unspecified atom stereocenters. The Kier molecular flexibility index (Phi) is 5.92. The lowest BCUT2D eigenvalue weighted by Gasteiger charge is -2.18. The molecule has 2 heterocycles. The number of rotatable bonds is 7. The predicted molar refractivity (Wildman–Crippen MR) is 109 cm³/mol. The summed E-state index contributed by atoms with van der Waals surface area (Å²) in [4.78, 5) is 9.23. The summed E-state index contributed by atoms with van der Waals surface area (Å²) in [6.45, 7) is 2.58. The Morgan fingerprint density at radius 2 is 2.00 bits per heavy atom. The van der Waals surface area contributed by atoms with Gasteiger partial charge in [0.2, 0.25) is 0 Å². The van der Waals surface area contributed by atoms with Gasteiger partial charge in [0, 0.05) is 25.1 Å². The predicted octanol–water partition coefficient (Wildman–Crippen LogP) is 3.76. The summed E-state index contributed by atoms with van der Waals surface area (Å²) in [5.74, 6) is 0. The Bertz CT molecular complexity index is 1110. The van der Waals surface area contributed by atoms with E-state index in [0.717, 1.165) is 18.2 Å². The number of halogens is 1. The maximum Gasteiger partial charge on any atom is 0.297 e. The second-order valence-electron chi connectivity index (χ2n) is 6.43. The summed E-state index contributed by atoms with van der Waals surface area (Å²) in [5.41, 5.74) is 2.63. The van der Waals surface area contributed by atoms with E-state index in [1.807, 2.05) is 10.6 Å². The van der Waals surface area contributed by atoms with Crippen molar-refractivity contribution < 1.29 is 17.9 Å². The van der Waals surface area contributed by atoms with E-state index < -0.39 is 9.84 Å². The first kappa shape index (κ1) is 20.6. The van der Waals surface area contributed by atoms with Gasteiger partial charge in [0.15, 0.2) is 9.84 Å². The second-order valence-corrected chi connectivity index (χ2v) is 8.85. The van der Waals surface area contributed by atoms with Crippen molar-refractivity contribution in [3.8, 4) is 17.3 Å². The molecule has 7 nitrogen and oxygen atoms in total. The van der Waals surface area contributed by atoms with Crippen LogP contribution in [0.4, 0.5) is 0 Å². The fourth-order valence-corrected chi connectivity index (χ4v) is 4.16. The zero-order chi connectivity index (χ0) is 20.5. The summed E-state index contributed by atoms with van der Waals surface area (Å²) in [7, 11) is -0.128. The smallest absolute Gasteiger partial charge is 0.297 e. The lowest BCUT2D eigenvalue weighted by molar-refractivity contribution is 0.149. The number of imidazole rings is 1. The van der Waals surface area contributed by atoms with E-state index in [9.17, 15) is 8.42 Å². The van der Waals surface area contributed by atoms with Crippen LogP contribution < -0.4 is 4.74 Å². The maximum absolute atomic E-state index is 11.8. The largest absolute Gasteiger partial charge is 0.468 e. The number of sulfone groups is 1. The van der Waals surface area contributed by atoms with Gasteiger partial charge >= 0.3 is 0 Å². The van der Waals surface area contributed by atoms with Gasteiger partial charge < -0.3 is 9.47 Å². The van der Waals surface area contributed by atoms with Crippen molar-refractivity contribution in [3.05, 3.63) is 35.5 Å². The zero-order valence-corrected chi connectivity index (χ0v) is 17.7. The SMILES string of the molecule is CCC(COC)n1c(OC)nc2c(-c3ccc(S(C)(=O)=O)cc3Cl)nccc21. The van der Waals surface area contributed by atoms with Crippen LogP contribution in [0.25, 0.3) is 22.3 Å². The summed E-state index contributed by atoms with van der Waals surface area (Å²) in [6.07, 6.45) is 3.65. The first-order valence-electron chi connectivity index (χ1n) is 8.71. The number of nitrogens with zero attached hydrogens (tertiary/aromatic N) is 3. The van der Waals surface area contributed by atoms with Gasteiger partial charge in [0.1, 0.15) is 5.52 Å². The number of hydrogen-bond donors (Lipinski definition) is 0. The molecule has 150 valence electrons. The highest BCUT2D eigenvalue weighted by molar-refractivity contribution is 7.90. The molecule has 0 aliphatic carbocycles. The Balaban J connectivity index is 2.23. The van der Waals surface area contributed by atoms with Crippen LogP contribution in [0.2, 0.25) is 5.02 Å². The molecule has 0 aliphatic rings. The van der Waals surface area contributed by atoms with Crippen LogP contribution in [0.1, 0.15) is 19.4 Å². The van der Waals surface area contributed by atoms with Gasteiger partial charge in [-0.15, -0.1) is 0 Å². The first-order valence-corrected chi connectivity index (χ1v) is 11.0. The topological polar surface area (TPSA) is 83.3 Å². The number of aromatic nitrogens is 3. The zero-order valence-electron chi connectivity index (χ0n) is 16.1. The van der Waals surface area contributed by atoms with Crippen LogP contribution in [0.5, 0.6) is 6.01 Å². The number of hydrogen-bond acceptors (Lipinski definition) is 6. The number of methoxy groups -OCH3 is 2. The van der Waals surface area contributed by atoms with Crippen molar-refractivity contribution in [2.75, 3.05) is 27.1 Å². The van der Waals surface area contributed by atoms with Gasteiger partial charge in [0.25, 0.3) is 6.01 Å². The minimum atomic E-state index is -3.35. The van der Waals surface area contributed by atoms with Crippen molar-refractivity contribution in [2.24, 2.45) is 0 Å². The van der Waals surface area contributed by atoms with Gasteiger partial charge in [-0.3, -0.25) is 9.55 Å². The van der Waals surface area contributed by atoms with Crippen molar-refractivity contribution >= 4 is 32.5 Å². The molecule has 0 saturated heterocycles. The van der Waals surface area contributed by atoms with Crippen LogP contribution in [0.3, 0.4) is 0 Å². The molecule has 1 aromatic carbocycles. The number of ether oxygens (including phenoxy) is 2. The van der Waals surface area contributed by atoms with Crippen molar-refractivity contribution in [1.82, 2.24) is 14.5 Å². The highest BCUT2D eigenvalue weighted by Gasteiger charge is 2.22. The molecule has 0 amide bonds. The molecule has 3 rings (SSSR count). The van der Waals surface area contributed by atoms with Gasteiger partial charge in [-0.05, 0) is 30.7 Å². The third-order valence-corrected chi connectivity index (χ3v) is 6.00. The van der Waals surface area contributed by atoms with E-state index in [4.69, 9.17) is 21.1 Å². The van der Waals surface area contributed by atoms with Gasteiger partial charge in [0.05, 0.1) is 40.9 Å². The van der Waals surface area contributed by atoms with Crippen LogP contribution in [0, 0.1) is 0 Å². The molecule has 3 aromatic rings. The molecule has 0 saturated carbocycles.